The summed E-state index contributed by atoms with van der Waals surface area (Å²) < 4.78 is 0. The Bertz CT molecular complexity index is 455. The Labute approximate surface area is 88.3 Å². The molecule has 0 heterocycles. The molecule has 1 aromatic rings. The molecule has 0 radical (unpaired) electrons. The van der Waals surface area contributed by atoms with Crippen molar-refractivity contribution in [1.29, 1.82) is 5.26 Å². The number of nitriles is 1. The van der Waals surface area contributed by atoms with Crippen LogP contribution in [0.15, 0.2) is 12.1 Å². The van der Waals surface area contributed by atoms with E-state index in [4.69, 9.17) is 5.26 Å². The third-order valence-corrected chi connectivity index (χ3v) is 2.28. The lowest BCUT2D eigenvalue weighted by atomic mass is 9.96. The van der Waals surface area contributed by atoms with Gasteiger partial charge in [0, 0.05) is 11.1 Å². The van der Waals surface area contributed by atoms with Crippen molar-refractivity contribution in [3.63, 3.8) is 0 Å². The normalized spacial score (nSPS) is 9.40. The number of ketones is 1. The second-order valence-corrected chi connectivity index (χ2v) is 3.24. The summed E-state index contributed by atoms with van der Waals surface area (Å²) >= 11 is 0. The van der Waals surface area contributed by atoms with Crippen LogP contribution in [0.3, 0.4) is 0 Å². The van der Waals surface area contributed by atoms with Gasteiger partial charge in [0.2, 0.25) is 0 Å². The summed E-state index contributed by atoms with van der Waals surface area (Å²) in [7, 11) is 0. The van der Waals surface area contributed by atoms with Gasteiger partial charge in [0.25, 0.3) is 0 Å². The zero-order valence-corrected chi connectivity index (χ0v) is 8.70. The Hall–Kier alpha value is -1.95. The van der Waals surface area contributed by atoms with Crippen molar-refractivity contribution in [2.24, 2.45) is 0 Å². The minimum absolute atomic E-state index is 0.0839. The van der Waals surface area contributed by atoms with Crippen LogP contribution in [0.25, 0.3) is 0 Å². The quantitative estimate of drug-likeness (QED) is 0.556. The lowest BCUT2D eigenvalue weighted by Gasteiger charge is -2.06. The number of aldehydes is 1. The standard InChI is InChI=1S/C12H11NO2/c1-3-9-4-10(6-13)11(7-14)5-12(9)8(2)15/h4-5,7H,3H2,1-2H3. The van der Waals surface area contributed by atoms with E-state index >= 15 is 0 Å². The molecule has 0 saturated heterocycles. The Morgan fingerprint density at radius 1 is 1.53 bits per heavy atom. The summed E-state index contributed by atoms with van der Waals surface area (Å²) in [5, 5.41) is 8.81. The highest BCUT2D eigenvalue weighted by Crippen LogP contribution is 2.17. The molecule has 0 aliphatic carbocycles. The van der Waals surface area contributed by atoms with Gasteiger partial charge in [-0.15, -0.1) is 0 Å². The first-order valence-electron chi connectivity index (χ1n) is 4.67. The summed E-state index contributed by atoms with van der Waals surface area (Å²) in [5.41, 5.74) is 1.94. The zero-order valence-electron chi connectivity index (χ0n) is 8.70. The van der Waals surface area contributed by atoms with Gasteiger partial charge in [-0.1, -0.05) is 6.92 Å². The first-order chi connectivity index (χ1) is 7.13. The van der Waals surface area contributed by atoms with Gasteiger partial charge in [-0.25, -0.2) is 0 Å². The van der Waals surface area contributed by atoms with Gasteiger partial charge in [0.1, 0.15) is 0 Å². The molecular formula is C12H11NO2. The monoisotopic (exact) mass is 201 g/mol. The molecule has 0 atom stereocenters. The van der Waals surface area contributed by atoms with E-state index in [1.807, 2.05) is 13.0 Å². The van der Waals surface area contributed by atoms with Crippen molar-refractivity contribution < 1.29 is 9.59 Å². The Morgan fingerprint density at radius 2 is 2.20 bits per heavy atom. The topological polar surface area (TPSA) is 57.9 Å². The van der Waals surface area contributed by atoms with Crippen molar-refractivity contribution >= 4 is 12.1 Å². The SMILES string of the molecule is CCc1cc(C#N)c(C=O)cc1C(C)=O. The molecule has 76 valence electrons. The number of benzene rings is 1. The maximum Gasteiger partial charge on any atom is 0.160 e. The molecule has 0 aliphatic rings. The van der Waals surface area contributed by atoms with Gasteiger partial charge < -0.3 is 0 Å². The predicted molar refractivity (Wildman–Crippen MR) is 55.9 cm³/mol. The molecule has 0 amide bonds. The Morgan fingerprint density at radius 3 is 2.60 bits per heavy atom. The molecule has 0 fully saturated rings. The maximum absolute atomic E-state index is 11.3. The summed E-state index contributed by atoms with van der Waals surface area (Å²) in [6.45, 7) is 3.36. The molecule has 3 nitrogen and oxygen atoms in total. The highest BCUT2D eigenvalue weighted by atomic mass is 16.1. The molecule has 0 spiro atoms. The van der Waals surface area contributed by atoms with Crippen molar-refractivity contribution in [3.05, 3.63) is 34.4 Å². The summed E-state index contributed by atoms with van der Waals surface area (Å²) in [4.78, 5) is 22.0. The van der Waals surface area contributed by atoms with E-state index in [0.717, 1.165) is 5.56 Å². The fourth-order valence-corrected chi connectivity index (χ4v) is 1.48. The summed E-state index contributed by atoms with van der Waals surface area (Å²) in [6, 6.07) is 5.05. The van der Waals surface area contributed by atoms with Crippen LogP contribution >= 0.6 is 0 Å². The van der Waals surface area contributed by atoms with Crippen molar-refractivity contribution in [2.75, 3.05) is 0 Å². The molecule has 0 aromatic heterocycles. The van der Waals surface area contributed by atoms with Crippen LogP contribution in [0.4, 0.5) is 0 Å². The molecule has 3 heteroatoms. The average molecular weight is 201 g/mol. The number of Topliss-reactive ketones (excluding diaryl/α,β-unsaturated/α-hetero) is 1. The summed E-state index contributed by atoms with van der Waals surface area (Å²) in [6.07, 6.45) is 1.27. The highest BCUT2D eigenvalue weighted by Gasteiger charge is 2.11. The van der Waals surface area contributed by atoms with E-state index in [-0.39, 0.29) is 11.3 Å². The minimum atomic E-state index is -0.0839. The van der Waals surface area contributed by atoms with Crippen LogP contribution in [0.1, 0.15) is 45.7 Å². The fraction of sp³-hybridized carbons (Fsp3) is 0.250. The molecule has 1 aromatic carbocycles. The molecule has 0 bridgehead atoms. The maximum atomic E-state index is 11.3. The van der Waals surface area contributed by atoms with E-state index in [9.17, 15) is 9.59 Å². The number of nitrogens with zero attached hydrogens (tertiary/aromatic N) is 1. The molecule has 0 aliphatic heterocycles. The second kappa shape index (κ2) is 4.52. The van der Waals surface area contributed by atoms with Crippen LogP contribution in [0.2, 0.25) is 0 Å². The first kappa shape index (κ1) is 11.1. The van der Waals surface area contributed by atoms with Gasteiger partial charge >= 0.3 is 0 Å². The van der Waals surface area contributed by atoms with Crippen molar-refractivity contribution in [3.8, 4) is 6.07 Å². The van der Waals surface area contributed by atoms with Crippen molar-refractivity contribution in [2.45, 2.75) is 20.3 Å². The van der Waals surface area contributed by atoms with E-state index in [1.165, 1.54) is 13.0 Å². The van der Waals surface area contributed by atoms with E-state index in [0.29, 0.717) is 23.8 Å². The van der Waals surface area contributed by atoms with Gasteiger partial charge in [-0.05, 0) is 31.0 Å². The van der Waals surface area contributed by atoms with Gasteiger partial charge in [0.05, 0.1) is 11.6 Å². The molecule has 0 saturated carbocycles. The number of hydrogen-bond donors (Lipinski definition) is 0. The van der Waals surface area contributed by atoms with E-state index < -0.39 is 0 Å². The van der Waals surface area contributed by atoms with Crippen LogP contribution in [-0.4, -0.2) is 12.1 Å². The number of rotatable bonds is 3. The average Bonchev–Trinajstić information content (AvgIpc) is 2.26. The number of carbonyl (C=O) groups is 2. The third-order valence-electron chi connectivity index (χ3n) is 2.28. The molecule has 1 rings (SSSR count). The zero-order chi connectivity index (χ0) is 11.4. The van der Waals surface area contributed by atoms with Gasteiger partial charge in [-0.2, -0.15) is 5.26 Å². The second-order valence-electron chi connectivity index (χ2n) is 3.24. The number of hydrogen-bond acceptors (Lipinski definition) is 3. The lowest BCUT2D eigenvalue weighted by molar-refractivity contribution is 0.101. The molecule has 0 unspecified atom stereocenters. The van der Waals surface area contributed by atoms with Crippen molar-refractivity contribution in [1.82, 2.24) is 0 Å². The smallest absolute Gasteiger partial charge is 0.160 e. The van der Waals surface area contributed by atoms with Crippen LogP contribution in [0.5, 0.6) is 0 Å². The highest BCUT2D eigenvalue weighted by molar-refractivity contribution is 5.97. The Kier molecular flexibility index (Phi) is 3.35. The largest absolute Gasteiger partial charge is 0.298 e. The third kappa shape index (κ3) is 2.10. The first-order valence-corrected chi connectivity index (χ1v) is 4.67. The van der Waals surface area contributed by atoms with Crippen LogP contribution < -0.4 is 0 Å². The summed E-state index contributed by atoms with van der Waals surface area (Å²) in [5.74, 6) is -0.0839. The fourth-order valence-electron chi connectivity index (χ4n) is 1.48. The molecule has 0 N–H and O–H groups in total. The van der Waals surface area contributed by atoms with Gasteiger partial charge in [-0.3, -0.25) is 9.59 Å². The Balaban J connectivity index is 3.49. The molecular weight excluding hydrogens is 190 g/mol. The lowest BCUT2D eigenvalue weighted by Crippen LogP contribution is -2.02. The predicted octanol–water partition coefficient (Wildman–Crippen LogP) is 2.14. The van der Waals surface area contributed by atoms with Crippen LogP contribution in [-0.2, 0) is 6.42 Å². The van der Waals surface area contributed by atoms with Crippen LogP contribution in [0, 0.1) is 11.3 Å². The number of carbonyl (C=O) groups excluding carboxylic acids is 2. The molecule has 15 heavy (non-hydrogen) atoms. The number of aryl methyl sites for hydroxylation is 1. The van der Waals surface area contributed by atoms with E-state index in [2.05, 4.69) is 0 Å². The van der Waals surface area contributed by atoms with Gasteiger partial charge in [0.15, 0.2) is 12.1 Å². The van der Waals surface area contributed by atoms with E-state index in [1.54, 1.807) is 6.07 Å². The minimum Gasteiger partial charge on any atom is -0.298 e.